The van der Waals surface area contributed by atoms with E-state index in [9.17, 15) is 4.79 Å². The Kier molecular flexibility index (Phi) is 3.11. The second-order valence-electron chi connectivity index (χ2n) is 3.42. The Morgan fingerprint density at radius 3 is 2.88 bits per heavy atom. The van der Waals surface area contributed by atoms with Gasteiger partial charge in [-0.2, -0.15) is 0 Å². The maximum Gasteiger partial charge on any atom is 0.218 e. The lowest BCUT2D eigenvalue weighted by molar-refractivity contribution is 0.768. The molecular weight excluding hydrogens is 290 g/mol. The van der Waals surface area contributed by atoms with Crippen molar-refractivity contribution >= 4 is 33.0 Å². The van der Waals surface area contributed by atoms with Crippen LogP contribution < -0.4 is 11.2 Å². The van der Waals surface area contributed by atoms with Crippen molar-refractivity contribution in [2.24, 2.45) is 0 Å². The molecule has 0 unspecified atom stereocenters. The number of hydrogen-bond donors (Lipinski definition) is 1. The summed E-state index contributed by atoms with van der Waals surface area (Å²) < 4.78 is 2.31. The highest BCUT2D eigenvalue weighted by Crippen LogP contribution is 2.12. The van der Waals surface area contributed by atoms with Gasteiger partial charge < -0.3 is 10.3 Å². The Labute approximate surface area is 105 Å². The zero-order valence-electron chi connectivity index (χ0n) is 8.61. The van der Waals surface area contributed by atoms with Crippen molar-refractivity contribution in [1.82, 2.24) is 9.55 Å². The fourth-order valence-corrected chi connectivity index (χ4v) is 2.47. The number of pyridine rings is 1. The zero-order valence-corrected chi connectivity index (χ0v) is 11.0. The molecule has 0 atom stereocenters. The van der Waals surface area contributed by atoms with Crippen LogP contribution in [0.2, 0.25) is 0 Å². The molecule has 0 bridgehead atoms. The van der Waals surface area contributed by atoms with E-state index in [4.69, 9.17) is 5.73 Å². The number of hydrogen-bond acceptors (Lipinski definition) is 4. The van der Waals surface area contributed by atoms with Crippen molar-refractivity contribution in [3.8, 4) is 0 Å². The molecule has 2 N–H and O–H groups in total. The van der Waals surface area contributed by atoms with Crippen LogP contribution in [-0.4, -0.2) is 9.55 Å². The first-order valence-electron chi connectivity index (χ1n) is 4.62. The summed E-state index contributed by atoms with van der Waals surface area (Å²) in [6.45, 7) is 2.58. The van der Waals surface area contributed by atoms with Gasteiger partial charge in [0.25, 0.3) is 0 Å². The van der Waals surface area contributed by atoms with Gasteiger partial charge in [0.15, 0.2) is 0 Å². The van der Waals surface area contributed by atoms with Crippen LogP contribution in [0.5, 0.6) is 0 Å². The molecule has 0 amide bonds. The molecule has 0 fully saturated rings. The number of halogens is 1. The number of aromatic nitrogens is 2. The Morgan fingerprint density at radius 2 is 2.31 bits per heavy atom. The van der Waals surface area contributed by atoms with Crippen molar-refractivity contribution in [2.45, 2.75) is 13.5 Å². The lowest BCUT2D eigenvalue weighted by Gasteiger charge is -2.05. The van der Waals surface area contributed by atoms with Crippen LogP contribution >= 0.6 is 27.3 Å². The van der Waals surface area contributed by atoms with E-state index in [0.29, 0.717) is 11.0 Å². The summed E-state index contributed by atoms with van der Waals surface area (Å²) in [5, 5.41) is 3.03. The van der Waals surface area contributed by atoms with Crippen LogP contribution in [-0.2, 0) is 6.54 Å². The fourth-order valence-electron chi connectivity index (χ4n) is 1.38. The molecule has 84 valence electrons. The number of nitrogens with two attached hydrogens (primary N) is 1. The number of aryl methyl sites for hydroxylation is 1. The van der Waals surface area contributed by atoms with Crippen molar-refractivity contribution in [1.29, 1.82) is 0 Å². The highest BCUT2D eigenvalue weighted by molar-refractivity contribution is 9.10. The van der Waals surface area contributed by atoms with E-state index in [1.165, 1.54) is 0 Å². The molecule has 0 aromatic carbocycles. The van der Waals surface area contributed by atoms with Crippen molar-refractivity contribution in [2.75, 3.05) is 5.73 Å². The van der Waals surface area contributed by atoms with Gasteiger partial charge in [-0.05, 0) is 22.9 Å². The third kappa shape index (κ3) is 2.33. The largest absolute Gasteiger partial charge is 0.394 e. The Balaban J connectivity index is 2.32. The van der Waals surface area contributed by atoms with Gasteiger partial charge in [0.2, 0.25) is 5.43 Å². The second kappa shape index (κ2) is 4.39. The SMILES string of the molecule is Cc1nc(Cn2cc(N)c(=O)c(Br)c2)cs1. The minimum absolute atomic E-state index is 0.175. The van der Waals surface area contributed by atoms with Crippen molar-refractivity contribution < 1.29 is 0 Å². The number of thiazole rings is 1. The van der Waals surface area contributed by atoms with Crippen LogP contribution in [0.3, 0.4) is 0 Å². The van der Waals surface area contributed by atoms with E-state index in [-0.39, 0.29) is 11.1 Å². The highest BCUT2D eigenvalue weighted by Gasteiger charge is 2.04. The molecule has 2 heterocycles. The van der Waals surface area contributed by atoms with Gasteiger partial charge in [-0.3, -0.25) is 4.79 Å². The Bertz CT molecular complexity index is 549. The predicted molar refractivity (Wildman–Crippen MR) is 68.8 cm³/mol. The number of rotatable bonds is 2. The molecule has 0 saturated heterocycles. The van der Waals surface area contributed by atoms with E-state index >= 15 is 0 Å². The Morgan fingerprint density at radius 1 is 1.56 bits per heavy atom. The normalized spacial score (nSPS) is 10.6. The highest BCUT2D eigenvalue weighted by atomic mass is 79.9. The van der Waals surface area contributed by atoms with Crippen LogP contribution in [0.15, 0.2) is 27.0 Å². The first-order valence-corrected chi connectivity index (χ1v) is 6.29. The quantitative estimate of drug-likeness (QED) is 0.923. The van der Waals surface area contributed by atoms with Gasteiger partial charge in [-0.15, -0.1) is 11.3 Å². The third-order valence-corrected chi connectivity index (χ3v) is 3.46. The first-order chi connectivity index (χ1) is 7.56. The lowest BCUT2D eigenvalue weighted by atomic mass is 10.4. The monoisotopic (exact) mass is 299 g/mol. The van der Waals surface area contributed by atoms with Gasteiger partial charge in [0.05, 0.1) is 27.4 Å². The predicted octanol–water partition coefficient (Wildman–Crippen LogP) is 2.01. The average Bonchev–Trinajstić information content (AvgIpc) is 2.60. The van der Waals surface area contributed by atoms with Crippen molar-refractivity contribution in [3.63, 3.8) is 0 Å². The molecule has 0 aliphatic heterocycles. The minimum atomic E-state index is -0.175. The number of nitrogen functional groups attached to an aromatic ring is 1. The van der Waals surface area contributed by atoms with Gasteiger partial charge >= 0.3 is 0 Å². The van der Waals surface area contributed by atoms with Crippen LogP contribution in [0.1, 0.15) is 10.7 Å². The summed E-state index contributed by atoms with van der Waals surface area (Å²) in [4.78, 5) is 15.7. The van der Waals surface area contributed by atoms with E-state index in [1.807, 2.05) is 16.9 Å². The molecule has 2 rings (SSSR count). The zero-order chi connectivity index (χ0) is 11.7. The van der Waals surface area contributed by atoms with Gasteiger partial charge in [0, 0.05) is 17.8 Å². The van der Waals surface area contributed by atoms with Crippen LogP contribution in [0.4, 0.5) is 5.69 Å². The smallest absolute Gasteiger partial charge is 0.218 e. The molecule has 6 heteroatoms. The van der Waals surface area contributed by atoms with Gasteiger partial charge in [-0.25, -0.2) is 4.98 Å². The van der Waals surface area contributed by atoms with Crippen LogP contribution in [0.25, 0.3) is 0 Å². The van der Waals surface area contributed by atoms with E-state index in [0.717, 1.165) is 10.7 Å². The Hall–Kier alpha value is -1.14. The molecule has 2 aromatic rings. The average molecular weight is 300 g/mol. The van der Waals surface area contributed by atoms with Gasteiger partial charge in [0.1, 0.15) is 0 Å². The topological polar surface area (TPSA) is 60.9 Å². The number of nitrogens with zero attached hydrogens (tertiary/aromatic N) is 2. The molecule has 0 radical (unpaired) electrons. The van der Waals surface area contributed by atoms with E-state index in [1.54, 1.807) is 23.7 Å². The molecule has 0 aliphatic rings. The second-order valence-corrected chi connectivity index (χ2v) is 5.34. The summed E-state index contributed by atoms with van der Waals surface area (Å²) in [5.74, 6) is 0. The summed E-state index contributed by atoms with van der Waals surface area (Å²) in [6, 6.07) is 0. The summed E-state index contributed by atoms with van der Waals surface area (Å²) >= 11 is 4.79. The summed E-state index contributed by atoms with van der Waals surface area (Å²) in [5.41, 5.74) is 6.63. The molecule has 0 aliphatic carbocycles. The first kappa shape index (κ1) is 11.3. The maximum atomic E-state index is 11.4. The molecule has 0 saturated carbocycles. The van der Waals surface area contributed by atoms with Gasteiger partial charge in [-0.1, -0.05) is 0 Å². The summed E-state index contributed by atoms with van der Waals surface area (Å²) in [7, 11) is 0. The third-order valence-electron chi connectivity index (χ3n) is 2.07. The maximum absolute atomic E-state index is 11.4. The number of anilines is 1. The minimum Gasteiger partial charge on any atom is -0.394 e. The van der Waals surface area contributed by atoms with E-state index in [2.05, 4.69) is 20.9 Å². The lowest BCUT2D eigenvalue weighted by Crippen LogP contribution is -2.13. The molecule has 2 aromatic heterocycles. The van der Waals surface area contributed by atoms with Crippen LogP contribution in [0, 0.1) is 6.92 Å². The fraction of sp³-hybridized carbons (Fsp3) is 0.200. The molecule has 4 nitrogen and oxygen atoms in total. The molecular formula is C10H10BrN3OS. The molecule has 0 spiro atoms. The standard InChI is InChI=1S/C10H10BrN3OS/c1-6-13-7(5-16-6)2-14-3-8(11)10(15)9(12)4-14/h3-5H,2,12H2,1H3. The molecule has 16 heavy (non-hydrogen) atoms. The summed E-state index contributed by atoms with van der Waals surface area (Å²) in [6.07, 6.45) is 3.34. The van der Waals surface area contributed by atoms with E-state index < -0.39 is 0 Å². The van der Waals surface area contributed by atoms with Crippen molar-refractivity contribution in [3.05, 3.63) is 43.2 Å².